The molecule has 0 fully saturated rings. The molecule has 0 aliphatic rings. The topological polar surface area (TPSA) is 24.1 Å². The Balaban J connectivity index is 0. The molecule has 0 saturated heterocycles. The molecule has 2 N–H and O–H groups in total. The van der Waals surface area contributed by atoms with Gasteiger partial charge in [0.05, 0.1) is 0 Å². The molecule has 0 aromatic rings. The van der Waals surface area contributed by atoms with Crippen molar-refractivity contribution < 1.29 is 0 Å². The molecule has 0 atom stereocenters. The average Bonchev–Trinajstić information content (AvgIpc) is 1.91. The number of nitrogens with one attached hydrogen (secondary N) is 2. The lowest BCUT2D eigenvalue weighted by molar-refractivity contribution is 0.662. The average molecular weight is 146 g/mol. The van der Waals surface area contributed by atoms with Crippen molar-refractivity contribution in [3.8, 4) is 0 Å². The minimum atomic E-state index is 1.17. The van der Waals surface area contributed by atoms with Crippen LogP contribution in [0.15, 0.2) is 0 Å². The van der Waals surface area contributed by atoms with Gasteiger partial charge in [-0.2, -0.15) is 0 Å². The highest BCUT2D eigenvalue weighted by atomic mass is 14.8. The predicted molar refractivity (Wildman–Crippen MR) is 48.4 cm³/mol. The van der Waals surface area contributed by atoms with Crippen LogP contribution in [0.5, 0.6) is 0 Å². The van der Waals surface area contributed by atoms with Crippen molar-refractivity contribution >= 4 is 0 Å². The normalized spacial score (nSPS) is 8.40. The Morgan fingerprint density at radius 2 is 1.20 bits per heavy atom. The van der Waals surface area contributed by atoms with Gasteiger partial charge >= 0.3 is 0 Å². The number of hydrogen-bond donors (Lipinski definition) is 2. The monoisotopic (exact) mass is 146 g/mol. The van der Waals surface area contributed by atoms with Gasteiger partial charge in [0.15, 0.2) is 0 Å². The van der Waals surface area contributed by atoms with Crippen molar-refractivity contribution in [1.82, 2.24) is 10.6 Å². The first-order valence-corrected chi connectivity index (χ1v) is 4.12. The van der Waals surface area contributed by atoms with E-state index in [1.54, 1.807) is 0 Å². The quantitative estimate of drug-likeness (QED) is 0.583. The van der Waals surface area contributed by atoms with Crippen molar-refractivity contribution in [3.05, 3.63) is 0 Å². The highest BCUT2D eigenvalue weighted by Gasteiger charge is 1.76. The van der Waals surface area contributed by atoms with Gasteiger partial charge in [-0.15, -0.1) is 0 Å². The fourth-order valence-electron chi connectivity index (χ4n) is 0.479. The highest BCUT2D eigenvalue weighted by molar-refractivity contribution is 4.39. The molecule has 0 spiro atoms. The van der Waals surface area contributed by atoms with Crippen LogP contribution in [0.3, 0.4) is 0 Å². The maximum atomic E-state index is 3.28. The Hall–Kier alpha value is -0.0800. The van der Waals surface area contributed by atoms with Gasteiger partial charge < -0.3 is 10.6 Å². The summed E-state index contributed by atoms with van der Waals surface area (Å²) in [7, 11) is 3.75. The molecule has 0 aromatic carbocycles. The van der Waals surface area contributed by atoms with Crippen LogP contribution >= 0.6 is 0 Å². The van der Waals surface area contributed by atoms with E-state index >= 15 is 0 Å². The lowest BCUT2D eigenvalue weighted by Crippen LogP contribution is -2.14. The Morgan fingerprint density at radius 3 is 1.40 bits per heavy atom. The fourth-order valence-corrected chi connectivity index (χ4v) is 0.479. The molecule has 0 unspecified atom stereocenters. The number of hydrogen-bond acceptors (Lipinski definition) is 2. The van der Waals surface area contributed by atoms with Crippen LogP contribution < -0.4 is 10.6 Å². The lowest BCUT2D eigenvalue weighted by atomic mass is 10.4. The fraction of sp³-hybridized carbons (Fsp3) is 1.00. The molecule has 0 rings (SSSR count). The van der Waals surface area contributed by atoms with Crippen LogP contribution in [-0.4, -0.2) is 27.2 Å². The zero-order chi connectivity index (χ0) is 8.24. The van der Waals surface area contributed by atoms with E-state index in [-0.39, 0.29) is 0 Å². The van der Waals surface area contributed by atoms with Crippen molar-refractivity contribution in [1.29, 1.82) is 0 Å². The second-order valence-corrected chi connectivity index (χ2v) is 2.25. The van der Waals surface area contributed by atoms with E-state index in [1.165, 1.54) is 25.9 Å². The summed E-state index contributed by atoms with van der Waals surface area (Å²) in [4.78, 5) is 0. The molecule has 0 heterocycles. The van der Waals surface area contributed by atoms with Gasteiger partial charge in [0.1, 0.15) is 0 Å². The van der Waals surface area contributed by atoms with E-state index in [4.69, 9.17) is 0 Å². The Morgan fingerprint density at radius 1 is 0.900 bits per heavy atom. The maximum absolute atomic E-state index is 3.28. The van der Waals surface area contributed by atoms with E-state index in [1.807, 2.05) is 14.1 Å². The van der Waals surface area contributed by atoms with Crippen molar-refractivity contribution in [3.63, 3.8) is 0 Å². The van der Waals surface area contributed by atoms with Crippen molar-refractivity contribution in [2.24, 2.45) is 0 Å². The molecule has 0 saturated carbocycles. The predicted octanol–water partition coefficient (Wildman–Crippen LogP) is 1.23. The maximum Gasteiger partial charge on any atom is -0.00516 e. The van der Waals surface area contributed by atoms with Crippen LogP contribution in [0.2, 0.25) is 0 Å². The van der Waals surface area contributed by atoms with E-state index in [0.717, 1.165) is 0 Å². The van der Waals surface area contributed by atoms with Crippen LogP contribution in [0.1, 0.15) is 26.7 Å². The summed E-state index contributed by atoms with van der Waals surface area (Å²) in [6.45, 7) is 6.72. The van der Waals surface area contributed by atoms with Crippen LogP contribution in [-0.2, 0) is 0 Å². The summed E-state index contributed by atoms with van der Waals surface area (Å²) >= 11 is 0. The minimum absolute atomic E-state index is 1.17. The number of rotatable bonds is 4. The van der Waals surface area contributed by atoms with Crippen LogP contribution in [0.4, 0.5) is 0 Å². The van der Waals surface area contributed by atoms with Gasteiger partial charge in [-0.3, -0.25) is 0 Å². The van der Waals surface area contributed by atoms with Gasteiger partial charge in [0.25, 0.3) is 0 Å². The summed E-state index contributed by atoms with van der Waals surface area (Å²) in [5.41, 5.74) is 0. The molecule has 0 aliphatic carbocycles. The SMILES string of the molecule is CCCNCCC.CNC. The smallest absolute Gasteiger partial charge is 0.00516 e. The van der Waals surface area contributed by atoms with Gasteiger partial charge in [-0.25, -0.2) is 0 Å². The first-order chi connectivity index (χ1) is 4.83. The summed E-state index contributed by atoms with van der Waals surface area (Å²) in [5.74, 6) is 0. The van der Waals surface area contributed by atoms with E-state index < -0.39 is 0 Å². The summed E-state index contributed by atoms with van der Waals surface area (Å²) < 4.78 is 0. The van der Waals surface area contributed by atoms with E-state index in [0.29, 0.717) is 0 Å². The Labute approximate surface area is 65.4 Å². The standard InChI is InChI=1S/C6H15N.C2H7N/c1-3-5-7-6-4-2;1-3-2/h7H,3-6H2,1-2H3;3H,1-2H3. The molecule has 0 aliphatic heterocycles. The summed E-state index contributed by atoms with van der Waals surface area (Å²) in [6.07, 6.45) is 2.50. The Bertz CT molecular complexity index is 34.2. The first kappa shape index (κ1) is 12.6. The molecule has 64 valence electrons. The molecule has 0 aromatic heterocycles. The van der Waals surface area contributed by atoms with E-state index in [2.05, 4.69) is 24.5 Å². The second kappa shape index (κ2) is 16.0. The molecule has 0 bridgehead atoms. The van der Waals surface area contributed by atoms with Crippen molar-refractivity contribution in [2.75, 3.05) is 27.2 Å². The molecule has 10 heavy (non-hydrogen) atoms. The van der Waals surface area contributed by atoms with Crippen LogP contribution in [0.25, 0.3) is 0 Å². The third-order valence-corrected chi connectivity index (χ3v) is 0.854. The largest absolute Gasteiger partial charge is 0.323 e. The van der Waals surface area contributed by atoms with Crippen LogP contribution in [0, 0.1) is 0 Å². The lowest BCUT2D eigenvalue weighted by Gasteiger charge is -1.95. The van der Waals surface area contributed by atoms with Gasteiger partial charge in [-0.05, 0) is 40.0 Å². The highest BCUT2D eigenvalue weighted by Crippen LogP contribution is 1.71. The summed E-state index contributed by atoms with van der Waals surface area (Å²) in [5, 5.41) is 6.03. The van der Waals surface area contributed by atoms with Gasteiger partial charge in [0.2, 0.25) is 0 Å². The molecule has 2 nitrogen and oxygen atoms in total. The zero-order valence-electron chi connectivity index (χ0n) is 7.83. The minimum Gasteiger partial charge on any atom is -0.323 e. The van der Waals surface area contributed by atoms with Crippen molar-refractivity contribution in [2.45, 2.75) is 26.7 Å². The molecule has 0 radical (unpaired) electrons. The third kappa shape index (κ3) is 24.7. The zero-order valence-corrected chi connectivity index (χ0v) is 7.83. The second-order valence-electron chi connectivity index (χ2n) is 2.25. The molecular formula is C8H22N2. The first-order valence-electron chi connectivity index (χ1n) is 4.12. The Kier molecular flexibility index (Phi) is 20.1. The van der Waals surface area contributed by atoms with Gasteiger partial charge in [-0.1, -0.05) is 13.8 Å². The molecule has 2 heteroatoms. The molecular weight excluding hydrogens is 124 g/mol. The van der Waals surface area contributed by atoms with Gasteiger partial charge in [0, 0.05) is 0 Å². The van der Waals surface area contributed by atoms with E-state index in [9.17, 15) is 0 Å². The third-order valence-electron chi connectivity index (χ3n) is 0.854. The molecule has 0 amide bonds. The summed E-state index contributed by atoms with van der Waals surface area (Å²) in [6, 6.07) is 0.